The minimum Gasteiger partial charge on any atom is -0.398 e. The van der Waals surface area contributed by atoms with Gasteiger partial charge < -0.3 is 5.73 Å². The number of nitrogens with two attached hydrogens (primary N) is 1. The Morgan fingerprint density at radius 1 is 1.33 bits per heavy atom. The third kappa shape index (κ3) is 2.75. The predicted octanol–water partition coefficient (Wildman–Crippen LogP) is 3.62. The van der Waals surface area contributed by atoms with Crippen LogP contribution in [0.2, 0.25) is 0 Å². The maximum Gasteiger partial charge on any atom is 0.243 e. The Hall–Kier alpha value is -0.890. The molecule has 0 saturated carbocycles. The summed E-state index contributed by atoms with van der Waals surface area (Å²) in [5.41, 5.74) is 7.35. The summed E-state index contributed by atoms with van der Waals surface area (Å²) in [5, 5.41) is 4.01. The molecule has 2 N–H and O–H groups in total. The Balaban J connectivity index is 1.99. The number of halogens is 1. The molecule has 1 aliphatic heterocycles. The highest BCUT2D eigenvalue weighted by atomic mass is 79.9. The molecule has 1 fully saturated rings. The number of thiophene rings is 1. The van der Waals surface area contributed by atoms with E-state index in [9.17, 15) is 8.42 Å². The molecule has 1 atom stereocenters. The van der Waals surface area contributed by atoms with Crippen LogP contribution in [0.15, 0.2) is 44.4 Å². The van der Waals surface area contributed by atoms with Gasteiger partial charge in [0.1, 0.15) is 0 Å². The van der Waals surface area contributed by atoms with Gasteiger partial charge in [-0.3, -0.25) is 0 Å². The van der Waals surface area contributed by atoms with Crippen molar-refractivity contribution in [2.75, 3.05) is 12.3 Å². The van der Waals surface area contributed by atoms with Crippen LogP contribution in [0.25, 0.3) is 0 Å². The molecule has 0 bridgehead atoms. The van der Waals surface area contributed by atoms with Gasteiger partial charge in [0, 0.05) is 16.7 Å². The van der Waals surface area contributed by atoms with Gasteiger partial charge in [0.2, 0.25) is 10.0 Å². The van der Waals surface area contributed by atoms with E-state index >= 15 is 0 Å². The molecule has 1 unspecified atom stereocenters. The molecule has 2 heterocycles. The van der Waals surface area contributed by atoms with Gasteiger partial charge in [-0.1, -0.05) is 0 Å². The molecule has 2 aromatic rings. The van der Waals surface area contributed by atoms with E-state index < -0.39 is 10.0 Å². The summed E-state index contributed by atoms with van der Waals surface area (Å²) >= 11 is 4.89. The first-order chi connectivity index (χ1) is 10.00. The summed E-state index contributed by atoms with van der Waals surface area (Å²) < 4.78 is 28.0. The Kier molecular flexibility index (Phi) is 4.09. The van der Waals surface area contributed by atoms with Gasteiger partial charge in [-0.05, 0) is 69.4 Å². The number of hydrogen-bond acceptors (Lipinski definition) is 4. The van der Waals surface area contributed by atoms with E-state index in [4.69, 9.17) is 5.73 Å². The van der Waals surface area contributed by atoms with Crippen LogP contribution in [-0.4, -0.2) is 19.3 Å². The number of benzene rings is 1. The van der Waals surface area contributed by atoms with Crippen molar-refractivity contribution >= 4 is 43.0 Å². The summed E-state index contributed by atoms with van der Waals surface area (Å²) in [6, 6.07) is 6.71. The molecule has 0 aliphatic carbocycles. The van der Waals surface area contributed by atoms with Crippen LogP contribution < -0.4 is 5.73 Å². The van der Waals surface area contributed by atoms with Crippen LogP contribution in [0.1, 0.15) is 24.4 Å². The lowest BCUT2D eigenvalue weighted by Crippen LogP contribution is -2.30. The van der Waals surface area contributed by atoms with Crippen LogP contribution in [0.3, 0.4) is 0 Å². The molecular weight excluding hydrogens is 372 g/mol. The van der Waals surface area contributed by atoms with Crippen molar-refractivity contribution in [2.45, 2.75) is 23.8 Å². The molecule has 21 heavy (non-hydrogen) atoms. The average molecular weight is 387 g/mol. The van der Waals surface area contributed by atoms with Crippen molar-refractivity contribution in [1.29, 1.82) is 0 Å². The average Bonchev–Trinajstić information content (AvgIpc) is 3.11. The number of hydrogen-bond donors (Lipinski definition) is 1. The van der Waals surface area contributed by atoms with Crippen molar-refractivity contribution < 1.29 is 8.42 Å². The SMILES string of the molecule is Nc1ccc(S(=O)(=O)N2CCCC2c2ccsc2)cc1Br. The summed E-state index contributed by atoms with van der Waals surface area (Å²) in [7, 11) is -3.50. The number of rotatable bonds is 3. The normalized spacial score (nSPS) is 20.0. The molecule has 112 valence electrons. The molecule has 1 saturated heterocycles. The van der Waals surface area contributed by atoms with Crippen molar-refractivity contribution in [3.63, 3.8) is 0 Å². The first-order valence-corrected chi connectivity index (χ1v) is 9.77. The van der Waals surface area contributed by atoms with E-state index in [1.165, 1.54) is 0 Å². The largest absolute Gasteiger partial charge is 0.398 e. The van der Waals surface area contributed by atoms with E-state index in [1.807, 2.05) is 16.8 Å². The zero-order valence-corrected chi connectivity index (χ0v) is 14.4. The molecule has 0 radical (unpaired) electrons. The maximum absolute atomic E-state index is 12.9. The predicted molar refractivity (Wildman–Crippen MR) is 88.7 cm³/mol. The second kappa shape index (κ2) is 5.72. The van der Waals surface area contributed by atoms with Gasteiger partial charge in [-0.2, -0.15) is 15.6 Å². The van der Waals surface area contributed by atoms with Crippen LogP contribution in [0.5, 0.6) is 0 Å². The van der Waals surface area contributed by atoms with Crippen molar-refractivity contribution in [3.8, 4) is 0 Å². The number of nitrogen functional groups attached to an aromatic ring is 1. The third-order valence-electron chi connectivity index (χ3n) is 3.71. The van der Waals surface area contributed by atoms with Crippen LogP contribution in [-0.2, 0) is 10.0 Å². The Bertz CT molecular complexity index is 744. The number of anilines is 1. The second-order valence-corrected chi connectivity index (χ2v) is 8.54. The lowest BCUT2D eigenvalue weighted by atomic mass is 10.1. The maximum atomic E-state index is 12.9. The van der Waals surface area contributed by atoms with Crippen molar-refractivity contribution in [2.24, 2.45) is 0 Å². The fourth-order valence-electron chi connectivity index (χ4n) is 2.63. The zero-order chi connectivity index (χ0) is 15.0. The van der Waals surface area contributed by atoms with Gasteiger partial charge in [-0.25, -0.2) is 8.42 Å². The van der Waals surface area contributed by atoms with Gasteiger partial charge >= 0.3 is 0 Å². The Labute approximate surface area is 136 Å². The topological polar surface area (TPSA) is 63.4 Å². The first kappa shape index (κ1) is 15.0. The van der Waals surface area contributed by atoms with E-state index in [2.05, 4.69) is 15.9 Å². The summed E-state index contributed by atoms with van der Waals surface area (Å²) in [6.45, 7) is 0.560. The third-order valence-corrected chi connectivity index (χ3v) is 7.00. The van der Waals surface area contributed by atoms with Crippen LogP contribution >= 0.6 is 27.3 Å². The van der Waals surface area contributed by atoms with Crippen LogP contribution in [0, 0.1) is 0 Å². The van der Waals surface area contributed by atoms with Crippen LogP contribution in [0.4, 0.5) is 5.69 Å². The molecule has 7 heteroatoms. The molecular formula is C14H15BrN2O2S2. The van der Waals surface area contributed by atoms with E-state index in [0.717, 1.165) is 18.4 Å². The molecule has 1 aromatic carbocycles. The molecule has 1 aliphatic rings. The van der Waals surface area contributed by atoms with E-state index in [-0.39, 0.29) is 10.9 Å². The van der Waals surface area contributed by atoms with Gasteiger partial charge in [0.05, 0.1) is 10.9 Å². The lowest BCUT2D eigenvalue weighted by molar-refractivity contribution is 0.397. The first-order valence-electron chi connectivity index (χ1n) is 6.59. The molecule has 1 aromatic heterocycles. The van der Waals surface area contributed by atoms with E-state index in [1.54, 1.807) is 33.8 Å². The summed E-state index contributed by atoms with van der Waals surface area (Å²) in [5.74, 6) is 0. The minimum atomic E-state index is -3.50. The van der Waals surface area contributed by atoms with Gasteiger partial charge in [0.25, 0.3) is 0 Å². The highest BCUT2D eigenvalue weighted by Crippen LogP contribution is 2.38. The summed E-state index contributed by atoms with van der Waals surface area (Å²) in [6.07, 6.45) is 1.75. The smallest absolute Gasteiger partial charge is 0.243 e. The van der Waals surface area contributed by atoms with Gasteiger partial charge in [-0.15, -0.1) is 0 Å². The Morgan fingerprint density at radius 2 is 2.14 bits per heavy atom. The Morgan fingerprint density at radius 3 is 2.81 bits per heavy atom. The van der Waals surface area contributed by atoms with Gasteiger partial charge in [0.15, 0.2) is 0 Å². The molecule has 4 nitrogen and oxygen atoms in total. The molecule has 3 rings (SSSR count). The standard InChI is InChI=1S/C14H15BrN2O2S2/c15-12-8-11(3-4-13(12)16)21(18,19)17-6-1-2-14(17)10-5-7-20-9-10/h3-5,7-9,14H,1-2,6,16H2. The molecule has 0 amide bonds. The van der Waals surface area contributed by atoms with E-state index in [0.29, 0.717) is 16.7 Å². The number of sulfonamides is 1. The quantitative estimate of drug-likeness (QED) is 0.819. The molecule has 0 spiro atoms. The fraction of sp³-hybridized carbons (Fsp3) is 0.286. The summed E-state index contributed by atoms with van der Waals surface area (Å²) in [4.78, 5) is 0.283. The highest BCUT2D eigenvalue weighted by molar-refractivity contribution is 9.10. The fourth-order valence-corrected chi connectivity index (χ4v) is 5.58. The van der Waals surface area contributed by atoms with Crippen molar-refractivity contribution in [3.05, 3.63) is 45.1 Å². The zero-order valence-electron chi connectivity index (χ0n) is 11.2. The van der Waals surface area contributed by atoms with Crippen molar-refractivity contribution in [1.82, 2.24) is 4.31 Å². The number of nitrogens with zero attached hydrogens (tertiary/aromatic N) is 1. The highest BCUT2D eigenvalue weighted by Gasteiger charge is 2.36. The second-order valence-electron chi connectivity index (χ2n) is 5.01. The minimum absolute atomic E-state index is 0.0578. The lowest BCUT2D eigenvalue weighted by Gasteiger charge is -2.23. The monoisotopic (exact) mass is 386 g/mol.